The van der Waals surface area contributed by atoms with Gasteiger partial charge in [-0.2, -0.15) is 0 Å². The SMILES string of the molecule is CCCCCCNC(=O)N1CCOC(C(=O)O)C1. The van der Waals surface area contributed by atoms with Crippen molar-refractivity contribution >= 4 is 12.0 Å². The van der Waals surface area contributed by atoms with Crippen LogP contribution >= 0.6 is 0 Å². The number of morpholine rings is 1. The van der Waals surface area contributed by atoms with E-state index in [1.165, 1.54) is 11.3 Å². The molecule has 0 spiro atoms. The van der Waals surface area contributed by atoms with E-state index in [1.807, 2.05) is 0 Å². The van der Waals surface area contributed by atoms with Crippen molar-refractivity contribution in [2.75, 3.05) is 26.2 Å². The van der Waals surface area contributed by atoms with E-state index in [2.05, 4.69) is 12.2 Å². The van der Waals surface area contributed by atoms with Gasteiger partial charge in [-0.15, -0.1) is 0 Å². The number of urea groups is 1. The van der Waals surface area contributed by atoms with Crippen LogP contribution in [0.25, 0.3) is 0 Å². The Hall–Kier alpha value is -1.30. The lowest BCUT2D eigenvalue weighted by molar-refractivity contribution is -0.154. The van der Waals surface area contributed by atoms with Crippen molar-refractivity contribution < 1.29 is 19.4 Å². The molecule has 0 aromatic carbocycles. The number of carbonyl (C=O) groups excluding carboxylic acids is 1. The molecule has 18 heavy (non-hydrogen) atoms. The van der Waals surface area contributed by atoms with Gasteiger partial charge in [0, 0.05) is 13.1 Å². The molecule has 0 aliphatic carbocycles. The van der Waals surface area contributed by atoms with Crippen LogP contribution in [0.1, 0.15) is 32.6 Å². The highest BCUT2D eigenvalue weighted by atomic mass is 16.5. The van der Waals surface area contributed by atoms with Gasteiger partial charge in [0.05, 0.1) is 13.2 Å². The van der Waals surface area contributed by atoms with Gasteiger partial charge in [-0.3, -0.25) is 0 Å². The largest absolute Gasteiger partial charge is 0.479 e. The van der Waals surface area contributed by atoms with Crippen molar-refractivity contribution in [1.82, 2.24) is 10.2 Å². The highest BCUT2D eigenvalue weighted by molar-refractivity contribution is 5.77. The predicted octanol–water partition coefficient (Wildman–Crippen LogP) is 1.06. The molecular weight excluding hydrogens is 236 g/mol. The minimum Gasteiger partial charge on any atom is -0.479 e. The van der Waals surface area contributed by atoms with Gasteiger partial charge in [0.1, 0.15) is 0 Å². The fourth-order valence-corrected chi connectivity index (χ4v) is 1.84. The third-order valence-corrected chi connectivity index (χ3v) is 2.94. The minimum absolute atomic E-state index is 0.121. The van der Waals surface area contributed by atoms with Gasteiger partial charge in [0.2, 0.25) is 0 Å². The number of unbranched alkanes of at least 4 members (excludes halogenated alkanes) is 3. The Morgan fingerprint density at radius 1 is 1.39 bits per heavy atom. The maximum atomic E-state index is 11.8. The molecule has 1 unspecified atom stereocenters. The van der Waals surface area contributed by atoms with E-state index in [0.717, 1.165) is 19.3 Å². The summed E-state index contributed by atoms with van der Waals surface area (Å²) in [6.45, 7) is 3.63. The van der Waals surface area contributed by atoms with Crippen molar-refractivity contribution in [1.29, 1.82) is 0 Å². The van der Waals surface area contributed by atoms with E-state index in [1.54, 1.807) is 0 Å². The molecule has 1 saturated heterocycles. The molecular formula is C12H22N2O4. The summed E-state index contributed by atoms with van der Waals surface area (Å²) >= 11 is 0. The van der Waals surface area contributed by atoms with Gasteiger partial charge in [0.15, 0.2) is 6.10 Å². The highest BCUT2D eigenvalue weighted by Crippen LogP contribution is 2.05. The summed E-state index contributed by atoms with van der Waals surface area (Å²) in [7, 11) is 0. The zero-order valence-corrected chi connectivity index (χ0v) is 10.9. The van der Waals surface area contributed by atoms with E-state index >= 15 is 0 Å². The van der Waals surface area contributed by atoms with Crippen molar-refractivity contribution in [3.63, 3.8) is 0 Å². The quantitative estimate of drug-likeness (QED) is 0.698. The maximum Gasteiger partial charge on any atom is 0.334 e. The number of hydrogen-bond acceptors (Lipinski definition) is 3. The molecule has 0 saturated carbocycles. The Balaban J connectivity index is 2.22. The molecule has 104 valence electrons. The Morgan fingerprint density at radius 3 is 2.83 bits per heavy atom. The lowest BCUT2D eigenvalue weighted by Crippen LogP contribution is -2.51. The molecule has 0 radical (unpaired) electrons. The molecule has 0 aromatic rings. The molecule has 1 aliphatic rings. The molecule has 1 atom stereocenters. The van der Waals surface area contributed by atoms with Crippen LogP contribution in [0.2, 0.25) is 0 Å². The van der Waals surface area contributed by atoms with Crippen LogP contribution < -0.4 is 5.32 Å². The molecule has 1 fully saturated rings. The second kappa shape index (κ2) is 7.92. The first kappa shape index (κ1) is 14.8. The van der Waals surface area contributed by atoms with Crippen molar-refractivity contribution in [2.45, 2.75) is 38.7 Å². The summed E-state index contributed by atoms with van der Waals surface area (Å²) in [5.74, 6) is -1.02. The standard InChI is InChI=1S/C12H22N2O4/c1-2-3-4-5-6-13-12(17)14-7-8-18-10(9-14)11(15)16/h10H,2-9H2,1H3,(H,13,17)(H,15,16). The lowest BCUT2D eigenvalue weighted by atomic mass is 10.2. The molecule has 1 heterocycles. The minimum atomic E-state index is -1.02. The Morgan fingerprint density at radius 2 is 2.17 bits per heavy atom. The van der Waals surface area contributed by atoms with Gasteiger partial charge >= 0.3 is 12.0 Å². The average Bonchev–Trinajstić information content (AvgIpc) is 2.38. The summed E-state index contributed by atoms with van der Waals surface area (Å²) in [5, 5.41) is 11.6. The third kappa shape index (κ3) is 4.91. The van der Waals surface area contributed by atoms with Crippen LogP contribution in [-0.2, 0) is 9.53 Å². The monoisotopic (exact) mass is 258 g/mol. The molecule has 2 amide bonds. The molecule has 0 aromatic heterocycles. The second-order valence-electron chi connectivity index (χ2n) is 4.44. The molecule has 1 aliphatic heterocycles. The van der Waals surface area contributed by atoms with Gasteiger partial charge in [0.25, 0.3) is 0 Å². The maximum absolute atomic E-state index is 11.8. The van der Waals surface area contributed by atoms with Crippen molar-refractivity contribution in [3.05, 3.63) is 0 Å². The fourth-order valence-electron chi connectivity index (χ4n) is 1.84. The molecule has 2 N–H and O–H groups in total. The molecule has 0 bridgehead atoms. The number of carbonyl (C=O) groups is 2. The normalized spacial score (nSPS) is 19.6. The molecule has 6 heteroatoms. The predicted molar refractivity (Wildman–Crippen MR) is 66.5 cm³/mol. The molecule has 6 nitrogen and oxygen atoms in total. The highest BCUT2D eigenvalue weighted by Gasteiger charge is 2.28. The van der Waals surface area contributed by atoms with Gasteiger partial charge in [-0.1, -0.05) is 26.2 Å². The number of nitrogens with one attached hydrogen (secondary N) is 1. The number of hydrogen-bond donors (Lipinski definition) is 2. The fraction of sp³-hybridized carbons (Fsp3) is 0.833. The van der Waals surface area contributed by atoms with Crippen LogP contribution in [0, 0.1) is 0 Å². The van der Waals surface area contributed by atoms with Gasteiger partial charge in [-0.25, -0.2) is 9.59 Å². The number of ether oxygens (including phenoxy) is 1. The first-order valence-electron chi connectivity index (χ1n) is 6.52. The average molecular weight is 258 g/mol. The van der Waals surface area contributed by atoms with E-state index in [4.69, 9.17) is 9.84 Å². The van der Waals surface area contributed by atoms with Crippen LogP contribution in [0.5, 0.6) is 0 Å². The zero-order chi connectivity index (χ0) is 13.4. The number of aliphatic carboxylic acids is 1. The number of amides is 2. The van der Waals surface area contributed by atoms with Crippen LogP contribution in [-0.4, -0.2) is 54.4 Å². The third-order valence-electron chi connectivity index (χ3n) is 2.94. The van der Waals surface area contributed by atoms with E-state index in [-0.39, 0.29) is 19.2 Å². The number of rotatable bonds is 6. The van der Waals surface area contributed by atoms with Gasteiger partial charge < -0.3 is 20.1 Å². The summed E-state index contributed by atoms with van der Waals surface area (Å²) in [6.07, 6.45) is 3.51. The summed E-state index contributed by atoms with van der Waals surface area (Å²) in [4.78, 5) is 24.0. The Labute approximate surface area is 107 Å². The van der Waals surface area contributed by atoms with E-state index in [0.29, 0.717) is 13.1 Å². The first-order chi connectivity index (χ1) is 8.65. The van der Waals surface area contributed by atoms with Crippen LogP contribution in [0.4, 0.5) is 4.79 Å². The topological polar surface area (TPSA) is 78.9 Å². The zero-order valence-electron chi connectivity index (χ0n) is 10.9. The summed E-state index contributed by atoms with van der Waals surface area (Å²) < 4.78 is 5.06. The van der Waals surface area contributed by atoms with E-state index in [9.17, 15) is 9.59 Å². The molecule has 1 rings (SSSR count). The van der Waals surface area contributed by atoms with Crippen molar-refractivity contribution in [2.24, 2.45) is 0 Å². The number of nitrogens with zero attached hydrogens (tertiary/aromatic N) is 1. The van der Waals surface area contributed by atoms with Gasteiger partial charge in [-0.05, 0) is 6.42 Å². The smallest absolute Gasteiger partial charge is 0.334 e. The summed E-state index contributed by atoms with van der Waals surface area (Å²) in [5.41, 5.74) is 0. The Kier molecular flexibility index (Phi) is 6.49. The first-order valence-corrected chi connectivity index (χ1v) is 6.52. The van der Waals surface area contributed by atoms with Crippen molar-refractivity contribution in [3.8, 4) is 0 Å². The Bertz CT molecular complexity index is 283. The second-order valence-corrected chi connectivity index (χ2v) is 4.44. The summed E-state index contributed by atoms with van der Waals surface area (Å²) in [6, 6.07) is -0.193. The van der Waals surface area contributed by atoms with Crippen LogP contribution in [0.3, 0.4) is 0 Å². The lowest BCUT2D eigenvalue weighted by Gasteiger charge is -2.30. The number of carboxylic acids is 1. The van der Waals surface area contributed by atoms with E-state index < -0.39 is 12.1 Å². The number of carboxylic acid groups (broad SMARTS) is 1. The van der Waals surface area contributed by atoms with Crippen LogP contribution in [0.15, 0.2) is 0 Å².